The predicted molar refractivity (Wildman–Crippen MR) is 79.5 cm³/mol. The highest BCUT2D eigenvalue weighted by Crippen LogP contribution is 2.23. The maximum absolute atomic E-state index is 13.4. The molecule has 21 heavy (non-hydrogen) atoms. The monoisotopic (exact) mass is 301 g/mol. The summed E-state index contributed by atoms with van der Waals surface area (Å²) in [6.07, 6.45) is 0. The third-order valence-electron chi connectivity index (χ3n) is 2.87. The molecule has 0 bridgehead atoms. The Morgan fingerprint density at radius 2 is 1.95 bits per heavy atom. The molecule has 0 saturated carbocycles. The summed E-state index contributed by atoms with van der Waals surface area (Å²) in [5.41, 5.74) is 7.32. The fourth-order valence-corrected chi connectivity index (χ4v) is 2.64. The molecule has 5 nitrogen and oxygen atoms in total. The summed E-state index contributed by atoms with van der Waals surface area (Å²) in [6, 6.07) is 14.4. The molecule has 3 aromatic rings. The van der Waals surface area contributed by atoms with Gasteiger partial charge in [-0.15, -0.1) is 5.10 Å². The molecule has 1 heterocycles. The van der Waals surface area contributed by atoms with Crippen molar-refractivity contribution in [2.75, 3.05) is 5.73 Å². The van der Waals surface area contributed by atoms with Crippen molar-refractivity contribution in [1.29, 1.82) is 0 Å². The van der Waals surface area contributed by atoms with Gasteiger partial charge in [-0.05, 0) is 40.3 Å². The quantitative estimate of drug-likeness (QED) is 0.592. The average molecular weight is 301 g/mol. The van der Waals surface area contributed by atoms with Crippen molar-refractivity contribution in [3.63, 3.8) is 0 Å². The fourth-order valence-electron chi connectivity index (χ4n) is 1.81. The number of benzene rings is 2. The lowest BCUT2D eigenvalue weighted by molar-refractivity contribution is 0.631. The summed E-state index contributed by atoms with van der Waals surface area (Å²) in [7, 11) is 0. The topological polar surface area (TPSA) is 69.6 Å². The largest absolute Gasteiger partial charge is 0.396 e. The Morgan fingerprint density at radius 1 is 1.14 bits per heavy atom. The van der Waals surface area contributed by atoms with E-state index in [1.807, 2.05) is 30.3 Å². The molecule has 106 valence electrons. The van der Waals surface area contributed by atoms with Gasteiger partial charge in [0.15, 0.2) is 0 Å². The van der Waals surface area contributed by atoms with Crippen molar-refractivity contribution in [1.82, 2.24) is 20.2 Å². The average Bonchev–Trinajstić information content (AvgIpc) is 2.98. The third-order valence-corrected chi connectivity index (χ3v) is 3.86. The van der Waals surface area contributed by atoms with Crippen molar-refractivity contribution < 1.29 is 4.39 Å². The molecule has 0 aliphatic rings. The zero-order valence-corrected chi connectivity index (χ0v) is 11.8. The number of rotatable bonds is 4. The van der Waals surface area contributed by atoms with Crippen LogP contribution in [0, 0.1) is 5.82 Å². The Labute approximate surface area is 125 Å². The van der Waals surface area contributed by atoms with E-state index >= 15 is 0 Å². The van der Waals surface area contributed by atoms with Crippen molar-refractivity contribution in [3.8, 4) is 5.69 Å². The minimum absolute atomic E-state index is 0.151. The van der Waals surface area contributed by atoms with E-state index in [0.29, 0.717) is 10.9 Å². The molecular weight excluding hydrogens is 289 g/mol. The second kappa shape index (κ2) is 5.92. The van der Waals surface area contributed by atoms with E-state index in [-0.39, 0.29) is 5.69 Å². The number of para-hydroxylation sites is 1. The second-order valence-corrected chi connectivity index (χ2v) is 5.30. The Bertz CT molecular complexity index is 744. The van der Waals surface area contributed by atoms with Crippen LogP contribution in [-0.4, -0.2) is 20.2 Å². The van der Waals surface area contributed by atoms with Crippen LogP contribution in [0.2, 0.25) is 0 Å². The van der Waals surface area contributed by atoms with E-state index in [2.05, 4.69) is 15.5 Å². The van der Waals surface area contributed by atoms with Crippen molar-refractivity contribution in [3.05, 3.63) is 59.9 Å². The molecule has 0 unspecified atom stereocenters. The molecule has 0 spiro atoms. The summed E-state index contributed by atoms with van der Waals surface area (Å²) < 4.78 is 15.1. The minimum Gasteiger partial charge on any atom is -0.396 e. The number of nitrogens with zero attached hydrogens (tertiary/aromatic N) is 4. The molecule has 3 rings (SSSR count). The normalized spacial score (nSPS) is 10.7. The zero-order chi connectivity index (χ0) is 14.7. The van der Waals surface area contributed by atoms with Crippen LogP contribution < -0.4 is 5.73 Å². The molecule has 0 amide bonds. The lowest BCUT2D eigenvalue weighted by atomic mass is 10.2. The molecule has 0 radical (unpaired) electrons. The Hall–Kier alpha value is -2.41. The van der Waals surface area contributed by atoms with Crippen LogP contribution >= 0.6 is 11.8 Å². The predicted octanol–water partition coefficient (Wildman–Crippen LogP) is 2.68. The highest BCUT2D eigenvalue weighted by molar-refractivity contribution is 7.98. The van der Waals surface area contributed by atoms with Gasteiger partial charge in [-0.25, -0.2) is 4.39 Å². The van der Waals surface area contributed by atoms with Crippen LogP contribution in [0.15, 0.2) is 53.7 Å². The van der Waals surface area contributed by atoms with Gasteiger partial charge in [-0.3, -0.25) is 0 Å². The number of aromatic nitrogens is 4. The molecule has 0 atom stereocenters. The summed E-state index contributed by atoms with van der Waals surface area (Å²) in [6.45, 7) is 0. The number of nitrogen functional groups attached to an aromatic ring is 1. The zero-order valence-electron chi connectivity index (χ0n) is 11.0. The number of thioether (sulfide) groups is 1. The van der Waals surface area contributed by atoms with Gasteiger partial charge in [0.25, 0.3) is 0 Å². The Morgan fingerprint density at radius 3 is 2.71 bits per heavy atom. The smallest absolute Gasteiger partial charge is 0.214 e. The van der Waals surface area contributed by atoms with Crippen molar-refractivity contribution in [2.45, 2.75) is 10.9 Å². The number of hydrogen-bond donors (Lipinski definition) is 1. The Balaban J connectivity index is 1.77. The first kappa shape index (κ1) is 13.6. The van der Waals surface area contributed by atoms with Crippen molar-refractivity contribution >= 4 is 17.4 Å². The van der Waals surface area contributed by atoms with Gasteiger partial charge in [0.2, 0.25) is 5.16 Å². The molecule has 1 aromatic heterocycles. The van der Waals surface area contributed by atoms with Crippen LogP contribution in [0.25, 0.3) is 5.69 Å². The molecule has 2 aromatic carbocycles. The van der Waals surface area contributed by atoms with E-state index in [0.717, 1.165) is 11.3 Å². The Kier molecular flexibility index (Phi) is 3.83. The summed E-state index contributed by atoms with van der Waals surface area (Å²) >= 11 is 1.44. The van der Waals surface area contributed by atoms with Gasteiger partial charge in [0, 0.05) is 5.75 Å². The molecule has 7 heteroatoms. The number of hydrogen-bond acceptors (Lipinski definition) is 5. The maximum Gasteiger partial charge on any atom is 0.214 e. The first-order valence-corrected chi connectivity index (χ1v) is 7.23. The number of halogens is 1. The van der Waals surface area contributed by atoms with Crippen LogP contribution in [0.1, 0.15) is 5.56 Å². The molecule has 0 fully saturated rings. The summed E-state index contributed by atoms with van der Waals surface area (Å²) in [4.78, 5) is 0. The molecule has 0 aliphatic carbocycles. The SMILES string of the molecule is Nc1ccc(CSc2nnnn2-c2ccccc2)cc1F. The highest BCUT2D eigenvalue weighted by Gasteiger charge is 2.09. The first-order chi connectivity index (χ1) is 10.2. The van der Waals surface area contributed by atoms with Crippen LogP contribution in [-0.2, 0) is 5.75 Å². The molecule has 2 N–H and O–H groups in total. The van der Waals surface area contributed by atoms with Gasteiger partial charge in [0.1, 0.15) is 5.82 Å². The van der Waals surface area contributed by atoms with E-state index < -0.39 is 5.82 Å². The van der Waals surface area contributed by atoms with Gasteiger partial charge >= 0.3 is 0 Å². The second-order valence-electron chi connectivity index (χ2n) is 4.35. The van der Waals surface area contributed by atoms with Gasteiger partial charge in [-0.1, -0.05) is 36.0 Å². The molecule has 0 saturated heterocycles. The van der Waals surface area contributed by atoms with Crippen LogP contribution in [0.5, 0.6) is 0 Å². The minimum atomic E-state index is -0.407. The lowest BCUT2D eigenvalue weighted by Crippen LogP contribution is -1.99. The fraction of sp³-hybridized carbons (Fsp3) is 0.0714. The summed E-state index contributed by atoms with van der Waals surface area (Å²) in [5.74, 6) is 0.153. The van der Waals surface area contributed by atoms with Gasteiger partial charge < -0.3 is 5.73 Å². The van der Waals surface area contributed by atoms with Gasteiger partial charge in [0.05, 0.1) is 11.4 Å². The van der Waals surface area contributed by atoms with E-state index in [9.17, 15) is 4.39 Å². The molecule has 0 aliphatic heterocycles. The van der Waals surface area contributed by atoms with Crippen molar-refractivity contribution in [2.24, 2.45) is 0 Å². The van der Waals surface area contributed by atoms with Crippen LogP contribution in [0.4, 0.5) is 10.1 Å². The van der Waals surface area contributed by atoms with Gasteiger partial charge in [-0.2, -0.15) is 4.68 Å². The number of nitrogens with two attached hydrogens (primary N) is 1. The number of tetrazole rings is 1. The first-order valence-electron chi connectivity index (χ1n) is 6.24. The van der Waals surface area contributed by atoms with E-state index in [1.54, 1.807) is 16.8 Å². The third kappa shape index (κ3) is 3.03. The number of anilines is 1. The van der Waals surface area contributed by atoms with E-state index in [4.69, 9.17) is 5.73 Å². The van der Waals surface area contributed by atoms with E-state index in [1.165, 1.54) is 17.8 Å². The van der Waals surface area contributed by atoms with Crippen LogP contribution in [0.3, 0.4) is 0 Å². The lowest BCUT2D eigenvalue weighted by Gasteiger charge is -2.05. The highest BCUT2D eigenvalue weighted by atomic mass is 32.2. The molecular formula is C14H12FN5S. The summed E-state index contributed by atoms with van der Waals surface area (Å²) in [5, 5.41) is 12.3. The standard InChI is InChI=1S/C14H12FN5S/c15-12-8-10(6-7-13(12)16)9-21-14-17-18-19-20(14)11-4-2-1-3-5-11/h1-8H,9,16H2. The maximum atomic E-state index is 13.4.